The van der Waals surface area contributed by atoms with Crippen LogP contribution in [0.2, 0.25) is 18.1 Å². The molecule has 1 aromatic carbocycles. The van der Waals surface area contributed by atoms with Gasteiger partial charge in [-0.25, -0.2) is 0 Å². The molecule has 5 nitrogen and oxygen atoms in total. The maximum atomic E-state index is 12.8. The number of carbonyl (C=O) groups excluding carboxylic acids is 1. The third-order valence-electron chi connectivity index (χ3n) is 5.66. The minimum absolute atomic E-state index is 0.00531. The van der Waals surface area contributed by atoms with Gasteiger partial charge in [0.25, 0.3) is 0 Å². The molecule has 0 aliphatic carbocycles. The number of benzene rings is 1. The van der Waals surface area contributed by atoms with Gasteiger partial charge in [-0.15, -0.1) is 18.1 Å². The molecule has 1 unspecified atom stereocenters. The zero-order valence-electron chi connectivity index (χ0n) is 16.9. The first-order valence-electron chi connectivity index (χ1n) is 9.13. The smallest absolute Gasteiger partial charge is 0.229 e. The second kappa shape index (κ2) is 7.41. The number of nitrogens with zero attached hydrogens (tertiary/aromatic N) is 2. The van der Waals surface area contributed by atoms with Crippen LogP contribution in [0.3, 0.4) is 0 Å². The lowest BCUT2D eigenvalue weighted by atomic mass is 10.1. The van der Waals surface area contributed by atoms with E-state index in [0.29, 0.717) is 17.7 Å². The highest BCUT2D eigenvalue weighted by atomic mass is 28.4. The molecule has 0 spiro atoms. The lowest BCUT2D eigenvalue weighted by Gasteiger charge is -2.51. The van der Waals surface area contributed by atoms with E-state index in [4.69, 9.17) is 9.16 Å². The highest BCUT2D eigenvalue weighted by Crippen LogP contribution is 2.41. The van der Waals surface area contributed by atoms with Crippen molar-refractivity contribution < 1.29 is 14.0 Å². The number of amides is 1. The van der Waals surface area contributed by atoms with Crippen LogP contribution < -0.4 is 9.64 Å². The van der Waals surface area contributed by atoms with Crippen molar-refractivity contribution in [3.8, 4) is 11.8 Å². The molecule has 2 rings (SSSR count). The molecule has 1 aliphatic heterocycles. The van der Waals surface area contributed by atoms with Crippen molar-refractivity contribution in [3.63, 3.8) is 0 Å². The molecule has 0 saturated carbocycles. The fraction of sp³-hybridized carbons (Fsp3) is 0.600. The SMILES string of the molecule is CC[C@H]1C(O[Si-](C)(C)C(C)(C)C)CC(=O)N1c1ccc(C#N)c(OC)c1. The van der Waals surface area contributed by atoms with Gasteiger partial charge in [-0.3, -0.25) is 4.79 Å². The monoisotopic (exact) mass is 374 g/mol. The van der Waals surface area contributed by atoms with E-state index in [1.54, 1.807) is 12.1 Å². The Hall–Kier alpha value is -1.84. The summed E-state index contributed by atoms with van der Waals surface area (Å²) in [6, 6.07) is 7.40. The highest BCUT2D eigenvalue weighted by Gasteiger charge is 2.41. The predicted octanol–water partition coefficient (Wildman–Crippen LogP) is 4.47. The quantitative estimate of drug-likeness (QED) is 0.713. The van der Waals surface area contributed by atoms with E-state index in [2.05, 4.69) is 46.9 Å². The number of ether oxygens (including phenoxy) is 1. The fourth-order valence-electron chi connectivity index (χ4n) is 3.14. The van der Waals surface area contributed by atoms with Gasteiger partial charge in [-0.1, -0.05) is 27.7 Å². The second-order valence-electron chi connectivity index (χ2n) is 8.36. The standard InChI is InChI=1S/C20H30N2O3Si/c1-8-16-18(25-26(6,7)20(2,3)4)12-19(23)22(16)15-10-9-14(13-21)17(11-15)24-5/h9-11,16,18H,8,12H2,1-7H3/q-1/t16-,18?/m0/s1. The molecule has 1 heterocycles. The first-order chi connectivity index (χ1) is 12.1. The first kappa shape index (κ1) is 20.5. The summed E-state index contributed by atoms with van der Waals surface area (Å²) in [4.78, 5) is 14.6. The van der Waals surface area contributed by atoms with E-state index < -0.39 is 8.32 Å². The number of hydrogen-bond donors (Lipinski definition) is 0. The molecular weight excluding hydrogens is 344 g/mol. The summed E-state index contributed by atoms with van der Waals surface area (Å²) in [7, 11) is -0.433. The molecule has 2 atom stereocenters. The number of nitriles is 1. The summed E-state index contributed by atoms with van der Waals surface area (Å²) in [5.41, 5.74) is 1.23. The fourth-order valence-corrected chi connectivity index (χ4v) is 4.49. The van der Waals surface area contributed by atoms with Crippen molar-refractivity contribution in [2.45, 2.75) is 70.8 Å². The van der Waals surface area contributed by atoms with Crippen molar-refractivity contribution in [2.75, 3.05) is 12.0 Å². The molecule has 143 valence electrons. The molecule has 1 fully saturated rings. The van der Waals surface area contributed by atoms with Crippen LogP contribution in [0.4, 0.5) is 5.69 Å². The van der Waals surface area contributed by atoms with Crippen molar-refractivity contribution in [1.29, 1.82) is 5.26 Å². The Labute approximate surface area is 158 Å². The maximum Gasteiger partial charge on any atom is 0.229 e. The Bertz CT molecular complexity index is 719. The molecule has 1 saturated heterocycles. The van der Waals surface area contributed by atoms with E-state index in [1.165, 1.54) is 7.11 Å². The van der Waals surface area contributed by atoms with Gasteiger partial charge in [0.1, 0.15) is 11.8 Å². The molecule has 0 aromatic heterocycles. The summed E-state index contributed by atoms with van der Waals surface area (Å²) in [5, 5.41) is 9.27. The van der Waals surface area contributed by atoms with E-state index in [1.807, 2.05) is 11.0 Å². The number of carbonyl (C=O) groups is 1. The van der Waals surface area contributed by atoms with E-state index in [0.717, 1.165) is 12.1 Å². The summed E-state index contributed by atoms with van der Waals surface area (Å²) in [6.07, 6.45) is 1.11. The van der Waals surface area contributed by atoms with Gasteiger partial charge in [0, 0.05) is 17.9 Å². The minimum Gasteiger partial charge on any atom is -0.560 e. The number of anilines is 1. The van der Waals surface area contributed by atoms with Gasteiger partial charge in [0.05, 0.1) is 25.1 Å². The molecule has 26 heavy (non-hydrogen) atoms. The Morgan fingerprint density at radius 1 is 1.35 bits per heavy atom. The van der Waals surface area contributed by atoms with Gasteiger partial charge >= 0.3 is 0 Å². The Balaban J connectivity index is 2.34. The van der Waals surface area contributed by atoms with Gasteiger partial charge in [-0.05, 0) is 26.9 Å². The Morgan fingerprint density at radius 3 is 2.50 bits per heavy atom. The van der Waals surface area contributed by atoms with Crippen LogP contribution in [0.15, 0.2) is 18.2 Å². The van der Waals surface area contributed by atoms with Gasteiger partial charge < -0.3 is 14.1 Å². The predicted molar refractivity (Wildman–Crippen MR) is 106 cm³/mol. The average molecular weight is 375 g/mol. The first-order valence-corrected chi connectivity index (χ1v) is 12.0. The average Bonchev–Trinajstić information content (AvgIpc) is 2.87. The van der Waals surface area contributed by atoms with Crippen molar-refractivity contribution in [2.24, 2.45) is 0 Å². The Kier molecular flexibility index (Phi) is 5.84. The van der Waals surface area contributed by atoms with E-state index in [9.17, 15) is 10.1 Å². The second-order valence-corrected chi connectivity index (χ2v) is 13.1. The van der Waals surface area contributed by atoms with Crippen molar-refractivity contribution in [1.82, 2.24) is 0 Å². The molecule has 1 amide bonds. The summed E-state index contributed by atoms with van der Waals surface area (Å²) in [5.74, 6) is 0.550. The van der Waals surface area contributed by atoms with Gasteiger partial charge in [0.15, 0.2) is 0 Å². The number of rotatable bonds is 5. The van der Waals surface area contributed by atoms with Crippen molar-refractivity contribution >= 4 is 19.9 Å². The zero-order valence-corrected chi connectivity index (χ0v) is 17.9. The third kappa shape index (κ3) is 3.79. The number of hydrogen-bond acceptors (Lipinski definition) is 4. The molecule has 6 heteroatoms. The number of methoxy groups -OCH3 is 1. The third-order valence-corrected chi connectivity index (χ3v) is 10.2. The molecule has 0 radical (unpaired) electrons. The lowest BCUT2D eigenvalue weighted by Crippen LogP contribution is -2.47. The Morgan fingerprint density at radius 2 is 2.00 bits per heavy atom. The van der Waals surface area contributed by atoms with Crippen LogP contribution in [0, 0.1) is 11.3 Å². The largest absolute Gasteiger partial charge is 0.560 e. The molecule has 1 aliphatic rings. The van der Waals surface area contributed by atoms with Crippen LogP contribution in [0.1, 0.15) is 46.1 Å². The van der Waals surface area contributed by atoms with E-state index in [-0.39, 0.29) is 23.1 Å². The van der Waals surface area contributed by atoms with Gasteiger partial charge in [-0.2, -0.15) is 5.26 Å². The van der Waals surface area contributed by atoms with Crippen molar-refractivity contribution in [3.05, 3.63) is 23.8 Å². The van der Waals surface area contributed by atoms with Crippen LogP contribution in [-0.4, -0.2) is 33.5 Å². The minimum atomic E-state index is -1.97. The molecule has 1 aromatic rings. The van der Waals surface area contributed by atoms with Gasteiger partial charge in [0.2, 0.25) is 5.91 Å². The summed E-state index contributed by atoms with van der Waals surface area (Å²) < 4.78 is 11.9. The topological polar surface area (TPSA) is 62.6 Å². The highest BCUT2D eigenvalue weighted by molar-refractivity contribution is 6.74. The summed E-state index contributed by atoms with van der Waals surface area (Å²) >= 11 is 0. The molecule has 0 N–H and O–H groups in total. The lowest BCUT2D eigenvalue weighted by molar-refractivity contribution is -0.117. The summed E-state index contributed by atoms with van der Waals surface area (Å²) in [6.45, 7) is 13.1. The van der Waals surface area contributed by atoms with Crippen LogP contribution >= 0.6 is 0 Å². The normalized spacial score (nSPS) is 21.0. The maximum absolute atomic E-state index is 12.8. The molecule has 0 bridgehead atoms. The molecular formula is C20H30N2O3Si-. The van der Waals surface area contributed by atoms with Crippen LogP contribution in [-0.2, 0) is 9.22 Å². The van der Waals surface area contributed by atoms with Crippen LogP contribution in [0.25, 0.3) is 0 Å². The van der Waals surface area contributed by atoms with Crippen LogP contribution in [0.5, 0.6) is 5.75 Å². The van der Waals surface area contributed by atoms with E-state index >= 15 is 0 Å². The zero-order chi connectivity index (χ0) is 19.7.